The Balaban J connectivity index is 2.13. The predicted molar refractivity (Wildman–Crippen MR) is 71.0 cm³/mol. The summed E-state index contributed by atoms with van der Waals surface area (Å²) in [4.78, 5) is 22.1. The van der Waals surface area contributed by atoms with Crippen molar-refractivity contribution >= 4 is 17.0 Å². The Morgan fingerprint density at radius 2 is 2.15 bits per heavy atom. The fourth-order valence-electron chi connectivity index (χ4n) is 1.91. The minimum Gasteiger partial charge on any atom is -0.477 e. The third-order valence-electron chi connectivity index (χ3n) is 2.86. The van der Waals surface area contributed by atoms with Crippen LogP contribution in [0.1, 0.15) is 16.1 Å². The van der Waals surface area contributed by atoms with Crippen LogP contribution in [0.25, 0.3) is 22.4 Å². The maximum atomic E-state index is 10.9. The number of hydrogen-bond donors (Lipinski definition) is 2. The van der Waals surface area contributed by atoms with E-state index in [9.17, 15) is 4.79 Å². The predicted octanol–water partition coefficient (Wildman–Crippen LogP) is 2.19. The maximum Gasteiger partial charge on any atom is 0.354 e. The van der Waals surface area contributed by atoms with E-state index in [1.807, 2.05) is 0 Å². The number of aromatic carboxylic acids is 1. The van der Waals surface area contributed by atoms with Gasteiger partial charge in [0.1, 0.15) is 11.5 Å². The molecule has 3 rings (SSSR count). The standard InChI is InChI=1S/C14H8N4O2/c15-7-8-1-2-10-11(5-8)18-13(17-10)9-3-4-16-12(6-9)14(19)20/h1-6H,(H,17,18)(H,19,20). The summed E-state index contributed by atoms with van der Waals surface area (Å²) in [5.74, 6) is -0.547. The van der Waals surface area contributed by atoms with Crippen LogP contribution < -0.4 is 0 Å². The fraction of sp³-hybridized carbons (Fsp3) is 0. The van der Waals surface area contributed by atoms with Gasteiger partial charge in [0.25, 0.3) is 0 Å². The number of carboxylic acids is 1. The quantitative estimate of drug-likeness (QED) is 0.738. The molecule has 0 bridgehead atoms. The highest BCUT2D eigenvalue weighted by Gasteiger charge is 2.10. The van der Waals surface area contributed by atoms with Crippen LogP contribution in [0.2, 0.25) is 0 Å². The van der Waals surface area contributed by atoms with Crippen molar-refractivity contribution < 1.29 is 9.90 Å². The zero-order valence-corrected chi connectivity index (χ0v) is 10.2. The van der Waals surface area contributed by atoms with Gasteiger partial charge in [-0.2, -0.15) is 5.26 Å². The van der Waals surface area contributed by atoms with E-state index in [0.717, 1.165) is 5.52 Å². The maximum absolute atomic E-state index is 10.9. The number of aromatic amines is 1. The van der Waals surface area contributed by atoms with Crippen molar-refractivity contribution in [2.45, 2.75) is 0 Å². The van der Waals surface area contributed by atoms with Crippen LogP contribution in [0.4, 0.5) is 0 Å². The number of carbonyl (C=O) groups is 1. The van der Waals surface area contributed by atoms with E-state index in [2.05, 4.69) is 21.0 Å². The topological polar surface area (TPSA) is 103 Å². The Hall–Kier alpha value is -3.20. The lowest BCUT2D eigenvalue weighted by molar-refractivity contribution is 0.0690. The van der Waals surface area contributed by atoms with Gasteiger partial charge in [-0.3, -0.25) is 0 Å². The Bertz CT molecular complexity index is 861. The molecule has 1 aromatic carbocycles. The highest BCUT2D eigenvalue weighted by Crippen LogP contribution is 2.21. The molecular weight excluding hydrogens is 256 g/mol. The summed E-state index contributed by atoms with van der Waals surface area (Å²) in [6.45, 7) is 0. The lowest BCUT2D eigenvalue weighted by Gasteiger charge is -1.97. The Morgan fingerprint density at radius 1 is 1.30 bits per heavy atom. The van der Waals surface area contributed by atoms with Crippen molar-refractivity contribution in [3.8, 4) is 17.5 Å². The number of nitrogens with one attached hydrogen (secondary N) is 1. The smallest absolute Gasteiger partial charge is 0.354 e. The zero-order valence-electron chi connectivity index (χ0n) is 10.2. The summed E-state index contributed by atoms with van der Waals surface area (Å²) in [6, 6.07) is 10.3. The van der Waals surface area contributed by atoms with Gasteiger partial charge in [0.15, 0.2) is 0 Å². The molecule has 0 aliphatic rings. The van der Waals surface area contributed by atoms with E-state index in [1.54, 1.807) is 24.3 Å². The van der Waals surface area contributed by atoms with Crippen LogP contribution in [0.15, 0.2) is 36.5 Å². The van der Waals surface area contributed by atoms with Crippen molar-refractivity contribution in [1.82, 2.24) is 15.0 Å². The van der Waals surface area contributed by atoms with Crippen LogP contribution >= 0.6 is 0 Å². The molecule has 96 valence electrons. The van der Waals surface area contributed by atoms with Crippen molar-refractivity contribution in [2.75, 3.05) is 0 Å². The first-order valence-electron chi connectivity index (χ1n) is 5.77. The van der Waals surface area contributed by atoms with Gasteiger partial charge < -0.3 is 10.1 Å². The third-order valence-corrected chi connectivity index (χ3v) is 2.86. The number of H-pyrrole nitrogens is 1. The van der Waals surface area contributed by atoms with Crippen molar-refractivity contribution in [2.24, 2.45) is 0 Å². The molecule has 0 aliphatic heterocycles. The van der Waals surface area contributed by atoms with Gasteiger partial charge in [-0.15, -0.1) is 0 Å². The highest BCUT2D eigenvalue weighted by molar-refractivity contribution is 5.87. The fourth-order valence-corrected chi connectivity index (χ4v) is 1.91. The summed E-state index contributed by atoms with van der Waals surface area (Å²) in [5.41, 5.74) is 2.57. The lowest BCUT2D eigenvalue weighted by Crippen LogP contribution is -1.99. The normalized spacial score (nSPS) is 10.3. The SMILES string of the molecule is N#Cc1ccc2nc(-c3ccnc(C(=O)O)c3)[nH]c2c1. The third kappa shape index (κ3) is 1.97. The van der Waals surface area contributed by atoms with E-state index >= 15 is 0 Å². The van der Waals surface area contributed by atoms with Gasteiger partial charge >= 0.3 is 5.97 Å². The summed E-state index contributed by atoms with van der Waals surface area (Å²) < 4.78 is 0. The Kier molecular flexibility index (Phi) is 2.66. The van der Waals surface area contributed by atoms with Gasteiger partial charge in [0, 0.05) is 11.8 Å². The zero-order chi connectivity index (χ0) is 14.1. The molecule has 0 saturated carbocycles. The molecule has 2 heterocycles. The number of benzene rings is 1. The molecule has 0 unspecified atom stereocenters. The molecule has 0 radical (unpaired) electrons. The number of rotatable bonds is 2. The molecule has 0 atom stereocenters. The second kappa shape index (κ2) is 4.48. The highest BCUT2D eigenvalue weighted by atomic mass is 16.4. The number of carboxylic acid groups (broad SMARTS) is 1. The summed E-state index contributed by atoms with van der Waals surface area (Å²) in [7, 11) is 0. The molecule has 0 saturated heterocycles. The molecule has 2 N–H and O–H groups in total. The molecule has 20 heavy (non-hydrogen) atoms. The van der Waals surface area contributed by atoms with E-state index in [0.29, 0.717) is 22.5 Å². The molecule has 0 fully saturated rings. The first-order chi connectivity index (χ1) is 9.67. The number of hydrogen-bond acceptors (Lipinski definition) is 4. The molecule has 6 nitrogen and oxygen atoms in total. The van der Waals surface area contributed by atoms with Crippen molar-refractivity contribution in [3.05, 3.63) is 47.8 Å². The van der Waals surface area contributed by atoms with E-state index in [-0.39, 0.29) is 5.69 Å². The number of imidazole rings is 1. The molecule has 0 spiro atoms. The van der Waals surface area contributed by atoms with Gasteiger partial charge in [-0.25, -0.2) is 14.8 Å². The molecule has 0 aliphatic carbocycles. The van der Waals surface area contributed by atoms with Gasteiger partial charge in [0.05, 0.1) is 22.7 Å². The largest absolute Gasteiger partial charge is 0.477 e. The van der Waals surface area contributed by atoms with Crippen LogP contribution in [-0.4, -0.2) is 26.0 Å². The number of fused-ring (bicyclic) bond motifs is 1. The average molecular weight is 264 g/mol. The van der Waals surface area contributed by atoms with E-state index in [1.165, 1.54) is 12.3 Å². The minimum atomic E-state index is -1.09. The second-order valence-electron chi connectivity index (χ2n) is 4.16. The molecule has 0 amide bonds. The number of pyridine rings is 1. The first-order valence-corrected chi connectivity index (χ1v) is 5.77. The number of nitriles is 1. The first kappa shape index (κ1) is 11.9. The minimum absolute atomic E-state index is 0.0410. The van der Waals surface area contributed by atoms with Gasteiger partial charge in [0.2, 0.25) is 0 Å². The average Bonchev–Trinajstić information content (AvgIpc) is 2.90. The van der Waals surface area contributed by atoms with Crippen LogP contribution in [-0.2, 0) is 0 Å². The molecule has 6 heteroatoms. The van der Waals surface area contributed by atoms with E-state index < -0.39 is 5.97 Å². The molecule has 3 aromatic rings. The Morgan fingerprint density at radius 3 is 2.90 bits per heavy atom. The van der Waals surface area contributed by atoms with Crippen LogP contribution in [0.5, 0.6) is 0 Å². The van der Waals surface area contributed by atoms with Gasteiger partial charge in [-0.1, -0.05) is 0 Å². The van der Waals surface area contributed by atoms with Crippen LogP contribution in [0, 0.1) is 11.3 Å². The summed E-state index contributed by atoms with van der Waals surface area (Å²) in [6.07, 6.45) is 1.42. The van der Waals surface area contributed by atoms with Crippen LogP contribution in [0.3, 0.4) is 0 Å². The van der Waals surface area contributed by atoms with Crippen molar-refractivity contribution in [1.29, 1.82) is 5.26 Å². The van der Waals surface area contributed by atoms with E-state index in [4.69, 9.17) is 10.4 Å². The summed E-state index contributed by atoms with van der Waals surface area (Å²) >= 11 is 0. The molecular formula is C14H8N4O2. The second-order valence-corrected chi connectivity index (χ2v) is 4.16. The van der Waals surface area contributed by atoms with Gasteiger partial charge in [-0.05, 0) is 30.3 Å². The number of aromatic nitrogens is 3. The Labute approximate surface area is 113 Å². The summed E-state index contributed by atoms with van der Waals surface area (Å²) in [5, 5.41) is 17.8. The molecule has 2 aromatic heterocycles. The van der Waals surface area contributed by atoms with Crippen molar-refractivity contribution in [3.63, 3.8) is 0 Å². The monoisotopic (exact) mass is 264 g/mol. The lowest BCUT2D eigenvalue weighted by atomic mass is 10.2. The number of nitrogens with zero attached hydrogens (tertiary/aromatic N) is 3.